The van der Waals surface area contributed by atoms with E-state index in [0.29, 0.717) is 18.4 Å². The Morgan fingerprint density at radius 1 is 1.29 bits per heavy atom. The summed E-state index contributed by atoms with van der Waals surface area (Å²) >= 11 is 0. The Bertz CT molecular complexity index is 499. The standard InChI is InChI=1S/C16H22N2O3/c1-2-3-12-10-14(12)18-16(21)17-13-7-4-11(5-8-13)6-9-15(19)20/h4-5,7-8,12,14H,2-3,6,9-10H2,1H3,(H,19,20)(H2,17,18,21). The Kier molecular flexibility index (Phi) is 5.20. The minimum absolute atomic E-state index is 0.119. The number of urea groups is 1. The molecule has 5 heteroatoms. The number of hydrogen-bond acceptors (Lipinski definition) is 2. The normalized spacial score (nSPS) is 19.9. The van der Waals surface area contributed by atoms with E-state index in [0.717, 1.165) is 24.1 Å². The molecule has 114 valence electrons. The summed E-state index contributed by atoms with van der Waals surface area (Å²) in [5.41, 5.74) is 1.67. The monoisotopic (exact) mass is 290 g/mol. The summed E-state index contributed by atoms with van der Waals surface area (Å²) in [5.74, 6) is -0.165. The second-order valence-corrected chi connectivity index (χ2v) is 5.58. The number of aryl methyl sites for hydroxylation is 1. The van der Waals surface area contributed by atoms with Gasteiger partial charge in [-0.25, -0.2) is 4.79 Å². The first kappa shape index (κ1) is 15.4. The topological polar surface area (TPSA) is 78.4 Å². The molecule has 3 N–H and O–H groups in total. The van der Waals surface area contributed by atoms with Crippen LogP contribution in [-0.4, -0.2) is 23.1 Å². The lowest BCUT2D eigenvalue weighted by Gasteiger charge is -2.08. The molecule has 0 aromatic heterocycles. The minimum atomic E-state index is -0.803. The number of amides is 2. The number of carbonyl (C=O) groups is 2. The van der Waals surface area contributed by atoms with Crippen molar-refractivity contribution >= 4 is 17.7 Å². The van der Waals surface area contributed by atoms with Gasteiger partial charge in [-0.3, -0.25) is 4.79 Å². The molecule has 1 aromatic rings. The lowest BCUT2D eigenvalue weighted by Crippen LogP contribution is -2.31. The number of nitrogens with one attached hydrogen (secondary N) is 2. The van der Waals surface area contributed by atoms with Crippen LogP contribution < -0.4 is 10.6 Å². The maximum atomic E-state index is 11.8. The molecule has 21 heavy (non-hydrogen) atoms. The van der Waals surface area contributed by atoms with Gasteiger partial charge in [-0.05, 0) is 42.9 Å². The molecule has 1 aliphatic rings. The van der Waals surface area contributed by atoms with Gasteiger partial charge in [0.2, 0.25) is 0 Å². The number of rotatable bonds is 7. The fourth-order valence-electron chi connectivity index (χ4n) is 2.46. The summed E-state index contributed by atoms with van der Waals surface area (Å²) in [6.07, 6.45) is 4.03. The molecule has 1 aliphatic carbocycles. The molecule has 0 aliphatic heterocycles. The predicted octanol–water partition coefficient (Wildman–Crippen LogP) is 3.01. The van der Waals surface area contributed by atoms with Gasteiger partial charge in [-0.1, -0.05) is 25.5 Å². The molecule has 0 bridgehead atoms. The van der Waals surface area contributed by atoms with Crippen LogP contribution in [0.1, 0.15) is 38.2 Å². The fourth-order valence-corrected chi connectivity index (χ4v) is 2.46. The second kappa shape index (κ2) is 7.11. The maximum Gasteiger partial charge on any atom is 0.319 e. The average molecular weight is 290 g/mol. The Morgan fingerprint density at radius 3 is 2.62 bits per heavy atom. The van der Waals surface area contributed by atoms with Gasteiger partial charge in [0.15, 0.2) is 0 Å². The van der Waals surface area contributed by atoms with Crippen molar-refractivity contribution in [3.8, 4) is 0 Å². The lowest BCUT2D eigenvalue weighted by molar-refractivity contribution is -0.136. The molecule has 0 heterocycles. The summed E-state index contributed by atoms with van der Waals surface area (Å²) in [6.45, 7) is 2.15. The molecule has 2 rings (SSSR count). The van der Waals surface area contributed by atoms with E-state index in [1.54, 1.807) is 12.1 Å². The van der Waals surface area contributed by atoms with Crippen molar-refractivity contribution in [3.05, 3.63) is 29.8 Å². The number of benzene rings is 1. The lowest BCUT2D eigenvalue weighted by atomic mass is 10.1. The molecular weight excluding hydrogens is 268 g/mol. The quantitative estimate of drug-likeness (QED) is 0.722. The molecule has 1 saturated carbocycles. The second-order valence-electron chi connectivity index (χ2n) is 5.58. The Labute approximate surface area is 124 Å². The van der Waals surface area contributed by atoms with Gasteiger partial charge >= 0.3 is 12.0 Å². The van der Waals surface area contributed by atoms with Crippen LogP contribution in [-0.2, 0) is 11.2 Å². The van der Waals surface area contributed by atoms with E-state index in [9.17, 15) is 9.59 Å². The van der Waals surface area contributed by atoms with Crippen molar-refractivity contribution in [2.24, 2.45) is 5.92 Å². The Hall–Kier alpha value is -2.04. The molecule has 0 spiro atoms. The highest BCUT2D eigenvalue weighted by atomic mass is 16.4. The zero-order valence-corrected chi connectivity index (χ0v) is 12.3. The first-order valence-electron chi connectivity index (χ1n) is 7.46. The van der Waals surface area contributed by atoms with Gasteiger partial charge in [-0.15, -0.1) is 0 Å². The fraction of sp³-hybridized carbons (Fsp3) is 0.500. The summed E-state index contributed by atoms with van der Waals surface area (Å²) in [6, 6.07) is 7.43. The van der Waals surface area contributed by atoms with Crippen molar-refractivity contribution < 1.29 is 14.7 Å². The third kappa shape index (κ3) is 5.10. The molecule has 0 radical (unpaired) electrons. The first-order chi connectivity index (χ1) is 10.1. The number of carbonyl (C=O) groups excluding carboxylic acids is 1. The largest absolute Gasteiger partial charge is 0.481 e. The van der Waals surface area contributed by atoms with Gasteiger partial charge in [0.25, 0.3) is 0 Å². The van der Waals surface area contributed by atoms with E-state index in [-0.39, 0.29) is 12.5 Å². The molecule has 1 aromatic carbocycles. The van der Waals surface area contributed by atoms with Crippen LogP contribution in [0.4, 0.5) is 10.5 Å². The molecular formula is C16H22N2O3. The summed E-state index contributed by atoms with van der Waals surface area (Å²) in [5, 5.41) is 14.4. The molecule has 2 unspecified atom stereocenters. The van der Waals surface area contributed by atoms with Crippen LogP contribution in [0.2, 0.25) is 0 Å². The van der Waals surface area contributed by atoms with Crippen LogP contribution in [0.3, 0.4) is 0 Å². The Morgan fingerprint density at radius 2 is 2.00 bits per heavy atom. The van der Waals surface area contributed by atoms with E-state index >= 15 is 0 Å². The van der Waals surface area contributed by atoms with Gasteiger partial charge < -0.3 is 15.7 Å². The van der Waals surface area contributed by atoms with Crippen molar-refractivity contribution in [1.82, 2.24) is 5.32 Å². The highest BCUT2D eigenvalue weighted by Gasteiger charge is 2.37. The van der Waals surface area contributed by atoms with Crippen molar-refractivity contribution in [3.63, 3.8) is 0 Å². The smallest absolute Gasteiger partial charge is 0.319 e. The molecule has 2 amide bonds. The summed E-state index contributed by atoms with van der Waals surface area (Å²) in [7, 11) is 0. The van der Waals surface area contributed by atoms with E-state index in [1.165, 1.54) is 6.42 Å². The highest BCUT2D eigenvalue weighted by molar-refractivity contribution is 5.89. The number of hydrogen-bond donors (Lipinski definition) is 3. The van der Waals surface area contributed by atoms with E-state index in [1.807, 2.05) is 12.1 Å². The number of anilines is 1. The molecule has 1 fully saturated rings. The van der Waals surface area contributed by atoms with Crippen LogP contribution in [0.5, 0.6) is 0 Å². The van der Waals surface area contributed by atoms with Crippen LogP contribution in [0.25, 0.3) is 0 Å². The van der Waals surface area contributed by atoms with E-state index < -0.39 is 5.97 Å². The minimum Gasteiger partial charge on any atom is -0.481 e. The van der Waals surface area contributed by atoms with Gasteiger partial charge in [0.05, 0.1) is 0 Å². The third-order valence-corrected chi connectivity index (χ3v) is 3.74. The zero-order valence-electron chi connectivity index (χ0n) is 12.3. The zero-order chi connectivity index (χ0) is 15.2. The molecule has 0 saturated heterocycles. The average Bonchev–Trinajstić information content (AvgIpc) is 3.16. The van der Waals surface area contributed by atoms with Crippen molar-refractivity contribution in [2.75, 3.05) is 5.32 Å². The number of carboxylic acids is 1. The summed E-state index contributed by atoms with van der Waals surface area (Å²) < 4.78 is 0. The number of carboxylic acid groups (broad SMARTS) is 1. The first-order valence-corrected chi connectivity index (χ1v) is 7.46. The van der Waals surface area contributed by atoms with Gasteiger partial charge in [0, 0.05) is 18.2 Å². The van der Waals surface area contributed by atoms with Crippen LogP contribution in [0, 0.1) is 5.92 Å². The van der Waals surface area contributed by atoms with Crippen LogP contribution >= 0.6 is 0 Å². The van der Waals surface area contributed by atoms with E-state index in [2.05, 4.69) is 17.6 Å². The maximum absolute atomic E-state index is 11.8. The SMILES string of the molecule is CCCC1CC1NC(=O)Nc1ccc(CCC(=O)O)cc1. The highest BCUT2D eigenvalue weighted by Crippen LogP contribution is 2.34. The van der Waals surface area contributed by atoms with Gasteiger partial charge in [0.1, 0.15) is 0 Å². The van der Waals surface area contributed by atoms with Crippen LogP contribution in [0.15, 0.2) is 24.3 Å². The predicted molar refractivity (Wildman–Crippen MR) is 81.4 cm³/mol. The van der Waals surface area contributed by atoms with Crippen molar-refractivity contribution in [1.29, 1.82) is 0 Å². The number of aliphatic carboxylic acids is 1. The molecule has 5 nitrogen and oxygen atoms in total. The Balaban J connectivity index is 1.75. The van der Waals surface area contributed by atoms with E-state index in [4.69, 9.17) is 5.11 Å². The third-order valence-electron chi connectivity index (χ3n) is 3.74. The molecule has 2 atom stereocenters. The summed E-state index contributed by atoms with van der Waals surface area (Å²) in [4.78, 5) is 22.3. The van der Waals surface area contributed by atoms with Crippen molar-refractivity contribution in [2.45, 2.75) is 45.1 Å². The van der Waals surface area contributed by atoms with Gasteiger partial charge in [-0.2, -0.15) is 0 Å².